The number of nitrogens with zero attached hydrogens (tertiary/aromatic N) is 1. The van der Waals surface area contributed by atoms with Crippen molar-refractivity contribution in [3.8, 4) is 0 Å². The lowest BCUT2D eigenvalue weighted by atomic mass is 9.97. The van der Waals surface area contributed by atoms with Crippen molar-refractivity contribution in [2.24, 2.45) is 0 Å². The topological polar surface area (TPSA) is 35.5 Å². The normalized spacial score (nSPS) is 17.6. The molecule has 1 atom stereocenters. The number of aliphatic hydroxyl groups is 1. The van der Waals surface area contributed by atoms with Gasteiger partial charge >= 0.3 is 6.18 Å². The first-order chi connectivity index (χ1) is 10.4. The molecule has 0 aromatic heterocycles. The van der Waals surface area contributed by atoms with E-state index in [9.17, 15) is 13.2 Å². The Morgan fingerprint density at radius 1 is 1.22 bits per heavy atom. The van der Waals surface area contributed by atoms with Gasteiger partial charge in [-0.15, -0.1) is 12.4 Å². The first kappa shape index (κ1) is 20.7. The summed E-state index contributed by atoms with van der Waals surface area (Å²) in [6.07, 6.45) is -3.14. The molecule has 1 aromatic carbocycles. The fraction of sp³-hybridized carbons (Fsp3) is 0.600. The van der Waals surface area contributed by atoms with Gasteiger partial charge in [0.2, 0.25) is 0 Å². The van der Waals surface area contributed by atoms with Gasteiger partial charge in [0.05, 0.1) is 5.56 Å². The van der Waals surface area contributed by atoms with Gasteiger partial charge in [0.1, 0.15) is 0 Å². The van der Waals surface area contributed by atoms with Crippen LogP contribution in [-0.2, 0) is 6.18 Å². The summed E-state index contributed by atoms with van der Waals surface area (Å²) in [7, 11) is 0. The number of hydrogen-bond acceptors (Lipinski definition) is 3. The molecule has 1 heterocycles. The Kier molecular flexibility index (Phi) is 8.30. The maximum Gasteiger partial charge on any atom is 0.416 e. The van der Waals surface area contributed by atoms with Crippen molar-refractivity contribution in [1.82, 2.24) is 10.2 Å². The van der Waals surface area contributed by atoms with Crippen LogP contribution in [0, 0.1) is 0 Å². The first-order valence-corrected chi connectivity index (χ1v) is 8.14. The largest absolute Gasteiger partial charge is 0.416 e. The van der Waals surface area contributed by atoms with Gasteiger partial charge in [-0.1, -0.05) is 15.9 Å². The van der Waals surface area contributed by atoms with Crippen LogP contribution in [0.25, 0.3) is 0 Å². The Morgan fingerprint density at radius 2 is 1.87 bits per heavy atom. The van der Waals surface area contributed by atoms with E-state index in [1.165, 1.54) is 6.07 Å². The lowest BCUT2D eigenvalue weighted by Gasteiger charge is -2.35. The van der Waals surface area contributed by atoms with Crippen molar-refractivity contribution in [2.45, 2.75) is 25.1 Å². The molecule has 0 bridgehead atoms. The maximum absolute atomic E-state index is 13.0. The van der Waals surface area contributed by atoms with Gasteiger partial charge in [-0.25, -0.2) is 0 Å². The third-order valence-corrected chi connectivity index (χ3v) is 4.32. The van der Waals surface area contributed by atoms with Gasteiger partial charge < -0.3 is 10.4 Å². The smallest absolute Gasteiger partial charge is 0.396 e. The van der Waals surface area contributed by atoms with Gasteiger partial charge in [-0.05, 0) is 36.6 Å². The molecule has 0 unspecified atom stereocenters. The molecule has 0 saturated carbocycles. The molecule has 0 spiro atoms. The Hall–Kier alpha value is -0.340. The number of benzene rings is 1. The minimum atomic E-state index is -4.36. The number of halogens is 5. The molecule has 1 aliphatic heterocycles. The van der Waals surface area contributed by atoms with Crippen molar-refractivity contribution >= 4 is 28.3 Å². The number of rotatable bonds is 5. The van der Waals surface area contributed by atoms with Crippen molar-refractivity contribution in [1.29, 1.82) is 0 Å². The molecular formula is C15H21BrClF3N2O. The average molecular weight is 418 g/mol. The fourth-order valence-corrected chi connectivity index (χ4v) is 3.32. The maximum atomic E-state index is 13.0. The minimum Gasteiger partial charge on any atom is -0.396 e. The van der Waals surface area contributed by atoms with Crippen LogP contribution in [0.1, 0.15) is 30.0 Å². The van der Waals surface area contributed by atoms with Gasteiger partial charge in [0.25, 0.3) is 0 Å². The monoisotopic (exact) mass is 416 g/mol. The highest BCUT2D eigenvalue weighted by atomic mass is 79.9. The number of piperazine rings is 1. The van der Waals surface area contributed by atoms with Crippen LogP contribution in [0.2, 0.25) is 0 Å². The predicted octanol–water partition coefficient (Wildman–Crippen LogP) is 3.61. The van der Waals surface area contributed by atoms with E-state index in [0.29, 0.717) is 22.9 Å². The zero-order valence-corrected chi connectivity index (χ0v) is 15.0. The number of hydrogen-bond donors (Lipinski definition) is 2. The Labute approximate surface area is 148 Å². The van der Waals surface area contributed by atoms with Crippen LogP contribution < -0.4 is 5.32 Å². The second-order valence-electron chi connectivity index (χ2n) is 5.44. The van der Waals surface area contributed by atoms with E-state index >= 15 is 0 Å². The highest BCUT2D eigenvalue weighted by molar-refractivity contribution is 9.10. The quantitative estimate of drug-likeness (QED) is 0.768. The van der Waals surface area contributed by atoms with E-state index in [1.54, 1.807) is 6.07 Å². The zero-order chi connectivity index (χ0) is 16.2. The molecule has 0 aliphatic carbocycles. The summed E-state index contributed by atoms with van der Waals surface area (Å²) in [4.78, 5) is 2.19. The summed E-state index contributed by atoms with van der Waals surface area (Å²) in [5, 5.41) is 12.3. The molecule has 2 rings (SSSR count). The van der Waals surface area contributed by atoms with Crippen LogP contribution in [0.4, 0.5) is 13.2 Å². The molecule has 132 valence electrons. The molecule has 1 aliphatic rings. The second kappa shape index (κ2) is 9.22. The minimum absolute atomic E-state index is 0. The molecule has 1 fully saturated rings. The standard InChI is InChI=1S/C15H20BrF3N2O.ClH/c16-13-9-11(8-12(10-13)15(17,18)19)14(2-1-7-22)21-5-3-20-4-6-21;/h8-10,14,20,22H,1-7H2;1H/t14-;/m0./s1. The summed E-state index contributed by atoms with van der Waals surface area (Å²) in [6.45, 7) is 3.29. The van der Waals surface area contributed by atoms with E-state index in [1.807, 2.05) is 0 Å². The van der Waals surface area contributed by atoms with Crippen molar-refractivity contribution in [3.63, 3.8) is 0 Å². The highest BCUT2D eigenvalue weighted by Gasteiger charge is 2.32. The number of nitrogens with one attached hydrogen (secondary N) is 1. The molecule has 0 radical (unpaired) electrons. The summed E-state index contributed by atoms with van der Waals surface area (Å²) < 4.78 is 39.5. The molecule has 2 N–H and O–H groups in total. The predicted molar refractivity (Wildman–Crippen MR) is 89.9 cm³/mol. The summed E-state index contributed by atoms with van der Waals surface area (Å²) >= 11 is 3.19. The van der Waals surface area contributed by atoms with Crippen molar-refractivity contribution < 1.29 is 18.3 Å². The summed E-state index contributed by atoms with van der Waals surface area (Å²) in [6, 6.07) is 3.98. The van der Waals surface area contributed by atoms with E-state index in [-0.39, 0.29) is 25.1 Å². The molecule has 1 saturated heterocycles. The number of aliphatic hydroxyl groups excluding tert-OH is 1. The van der Waals surface area contributed by atoms with Gasteiger partial charge in [0.15, 0.2) is 0 Å². The summed E-state index contributed by atoms with van der Waals surface area (Å²) in [5.74, 6) is 0. The highest BCUT2D eigenvalue weighted by Crippen LogP contribution is 2.35. The molecule has 23 heavy (non-hydrogen) atoms. The first-order valence-electron chi connectivity index (χ1n) is 7.35. The Bertz CT molecular complexity index is 496. The van der Waals surface area contributed by atoms with Gasteiger partial charge in [-0.2, -0.15) is 13.2 Å². The lowest BCUT2D eigenvalue weighted by molar-refractivity contribution is -0.137. The van der Waals surface area contributed by atoms with E-state index in [4.69, 9.17) is 5.11 Å². The summed E-state index contributed by atoms with van der Waals surface area (Å²) in [5.41, 5.74) is 0.0121. The third-order valence-electron chi connectivity index (χ3n) is 3.86. The van der Waals surface area contributed by atoms with Gasteiger partial charge in [-0.3, -0.25) is 4.90 Å². The van der Waals surface area contributed by atoms with Crippen molar-refractivity contribution in [2.75, 3.05) is 32.8 Å². The fourth-order valence-electron chi connectivity index (χ4n) is 2.81. The molecular weight excluding hydrogens is 397 g/mol. The molecule has 3 nitrogen and oxygen atoms in total. The average Bonchev–Trinajstić information content (AvgIpc) is 2.47. The molecule has 1 aromatic rings. The zero-order valence-electron chi connectivity index (χ0n) is 12.6. The van der Waals surface area contributed by atoms with E-state index in [2.05, 4.69) is 26.1 Å². The van der Waals surface area contributed by atoms with Crippen LogP contribution in [-0.4, -0.2) is 42.8 Å². The third kappa shape index (κ3) is 5.90. The number of alkyl halides is 3. The van der Waals surface area contributed by atoms with E-state index in [0.717, 1.165) is 32.2 Å². The Balaban J connectivity index is 0.00000264. The van der Waals surface area contributed by atoms with Crippen LogP contribution in [0.5, 0.6) is 0 Å². The van der Waals surface area contributed by atoms with Crippen LogP contribution in [0.3, 0.4) is 0 Å². The van der Waals surface area contributed by atoms with Gasteiger partial charge in [0, 0.05) is 43.3 Å². The molecule has 0 amide bonds. The van der Waals surface area contributed by atoms with Crippen LogP contribution in [0.15, 0.2) is 22.7 Å². The Morgan fingerprint density at radius 3 is 2.43 bits per heavy atom. The van der Waals surface area contributed by atoms with E-state index < -0.39 is 11.7 Å². The SMILES string of the molecule is Cl.OCCC[C@@H](c1cc(Br)cc(C(F)(F)F)c1)N1CCNCC1. The lowest BCUT2D eigenvalue weighted by Crippen LogP contribution is -2.45. The van der Waals surface area contributed by atoms with Crippen LogP contribution >= 0.6 is 28.3 Å². The molecule has 8 heteroatoms. The second-order valence-corrected chi connectivity index (χ2v) is 6.35. The van der Waals surface area contributed by atoms with Crippen molar-refractivity contribution in [3.05, 3.63) is 33.8 Å².